The van der Waals surface area contributed by atoms with Crippen molar-refractivity contribution >= 4 is 11.6 Å². The third kappa shape index (κ3) is 7.34. The van der Waals surface area contributed by atoms with Gasteiger partial charge in [-0.25, -0.2) is 4.57 Å². The first-order valence-electron chi connectivity index (χ1n) is 3.77. The van der Waals surface area contributed by atoms with Crippen LogP contribution in [0.1, 0.15) is 13.3 Å². The van der Waals surface area contributed by atoms with Crippen molar-refractivity contribution in [2.24, 2.45) is 7.05 Å². The van der Waals surface area contributed by atoms with E-state index in [0.29, 0.717) is 0 Å². The zero-order chi connectivity index (χ0) is 8.53. The fourth-order valence-electron chi connectivity index (χ4n) is 0.485. The van der Waals surface area contributed by atoms with Crippen LogP contribution in [-0.2, 0) is 7.05 Å². The van der Waals surface area contributed by atoms with Crippen molar-refractivity contribution < 1.29 is 4.57 Å². The van der Waals surface area contributed by atoms with E-state index in [1.54, 1.807) is 0 Å². The van der Waals surface area contributed by atoms with Gasteiger partial charge in [0.05, 0.1) is 0 Å². The first kappa shape index (κ1) is 10.4. The molecule has 0 aliphatic heterocycles. The molecule has 1 nitrogen and oxygen atoms in total. The van der Waals surface area contributed by atoms with Crippen molar-refractivity contribution in [1.82, 2.24) is 0 Å². The number of hydrogen-bond donors (Lipinski definition) is 0. The molecule has 1 aromatic heterocycles. The molecule has 0 N–H and O–H groups in total. The molecule has 2 heteroatoms. The lowest BCUT2D eigenvalue weighted by atomic mass is 10.5. The molecule has 0 unspecified atom stereocenters. The van der Waals surface area contributed by atoms with Crippen LogP contribution in [0.25, 0.3) is 0 Å². The predicted molar refractivity (Wildman–Crippen MR) is 48.6 cm³/mol. The van der Waals surface area contributed by atoms with Gasteiger partial charge in [-0.2, -0.15) is 0 Å². The van der Waals surface area contributed by atoms with Crippen molar-refractivity contribution in [1.29, 1.82) is 0 Å². The minimum Gasteiger partial charge on any atom is -0.208 e. The Hall–Kier alpha value is -0.560. The Morgan fingerprint density at radius 2 is 1.64 bits per heavy atom. The summed E-state index contributed by atoms with van der Waals surface area (Å²) >= 11 is 5.19. The number of hydrogen-bond acceptors (Lipinski definition) is 0. The molecule has 0 radical (unpaired) electrons. The molecule has 11 heavy (non-hydrogen) atoms. The predicted octanol–water partition coefficient (Wildman–Crippen LogP) is 2.15. The molecule has 0 amide bonds. The molecule has 0 aromatic carbocycles. The minimum atomic E-state index is 0.792. The van der Waals surface area contributed by atoms with Gasteiger partial charge in [-0.1, -0.05) is 13.0 Å². The second-order valence-electron chi connectivity index (χ2n) is 2.23. The van der Waals surface area contributed by atoms with Gasteiger partial charge in [0.25, 0.3) is 0 Å². The van der Waals surface area contributed by atoms with Gasteiger partial charge in [-0.3, -0.25) is 0 Å². The Kier molecular flexibility index (Phi) is 7.16. The lowest BCUT2D eigenvalue weighted by molar-refractivity contribution is -0.671. The Labute approximate surface area is 73.6 Å². The van der Waals surface area contributed by atoms with Crippen LogP contribution < -0.4 is 4.57 Å². The SMILES string of the molecule is CCCCl.C[n+]1ccccc1. The molecule has 62 valence electrons. The van der Waals surface area contributed by atoms with E-state index in [1.165, 1.54) is 0 Å². The van der Waals surface area contributed by atoms with Crippen molar-refractivity contribution in [2.75, 3.05) is 5.88 Å². The number of halogens is 1. The summed E-state index contributed by atoms with van der Waals surface area (Å²) in [6, 6.07) is 6.00. The molecule has 0 atom stereocenters. The van der Waals surface area contributed by atoms with Gasteiger partial charge in [-0.05, 0) is 6.42 Å². The summed E-state index contributed by atoms with van der Waals surface area (Å²) in [5, 5.41) is 0. The number of rotatable bonds is 1. The third-order valence-electron chi connectivity index (χ3n) is 1.05. The highest BCUT2D eigenvalue weighted by Gasteiger charge is 1.78. The third-order valence-corrected chi connectivity index (χ3v) is 1.43. The topological polar surface area (TPSA) is 3.88 Å². The first-order chi connectivity index (χ1) is 5.31. The summed E-state index contributed by atoms with van der Waals surface area (Å²) in [5.41, 5.74) is 0. The molecular weight excluding hydrogens is 158 g/mol. The highest BCUT2D eigenvalue weighted by molar-refractivity contribution is 6.17. The van der Waals surface area contributed by atoms with Crippen molar-refractivity contribution in [3.63, 3.8) is 0 Å². The molecule has 0 spiro atoms. The summed E-state index contributed by atoms with van der Waals surface area (Å²) in [5.74, 6) is 0.792. The molecule has 1 aromatic rings. The van der Waals surface area contributed by atoms with Crippen LogP contribution in [-0.4, -0.2) is 5.88 Å². The smallest absolute Gasteiger partial charge is 0.168 e. The summed E-state index contributed by atoms with van der Waals surface area (Å²) in [6.45, 7) is 2.05. The molecule has 0 saturated heterocycles. The molecule has 0 aliphatic rings. The minimum absolute atomic E-state index is 0.792. The van der Waals surface area contributed by atoms with Gasteiger partial charge < -0.3 is 0 Å². The number of pyridine rings is 1. The van der Waals surface area contributed by atoms with E-state index in [4.69, 9.17) is 11.6 Å². The maximum Gasteiger partial charge on any atom is 0.168 e. The zero-order valence-corrected chi connectivity index (χ0v) is 7.88. The molecule has 0 bridgehead atoms. The van der Waals surface area contributed by atoms with E-state index in [1.807, 2.05) is 49.1 Å². The zero-order valence-electron chi connectivity index (χ0n) is 7.13. The van der Waals surface area contributed by atoms with Gasteiger partial charge in [0.15, 0.2) is 12.4 Å². The van der Waals surface area contributed by atoms with Gasteiger partial charge in [0.2, 0.25) is 0 Å². The van der Waals surface area contributed by atoms with Crippen LogP contribution in [0.4, 0.5) is 0 Å². The van der Waals surface area contributed by atoms with Crippen LogP contribution in [0, 0.1) is 0 Å². The fraction of sp³-hybridized carbons (Fsp3) is 0.444. The lowest BCUT2D eigenvalue weighted by Gasteiger charge is -1.77. The van der Waals surface area contributed by atoms with E-state index >= 15 is 0 Å². The number of alkyl halides is 1. The van der Waals surface area contributed by atoms with Crippen molar-refractivity contribution in [3.05, 3.63) is 30.6 Å². The number of aromatic nitrogens is 1. The van der Waals surface area contributed by atoms with Gasteiger partial charge in [0, 0.05) is 18.0 Å². The molecule has 0 fully saturated rings. The van der Waals surface area contributed by atoms with E-state index in [0.717, 1.165) is 12.3 Å². The standard InChI is InChI=1S/C6H8N.C3H7Cl/c1-7-5-3-2-4-6-7;1-2-3-4/h2-6H,1H3;2-3H2,1H3/q+1;. The Morgan fingerprint density at radius 3 is 1.82 bits per heavy atom. The maximum atomic E-state index is 5.19. The van der Waals surface area contributed by atoms with Crippen LogP contribution >= 0.6 is 11.6 Å². The van der Waals surface area contributed by atoms with Gasteiger partial charge in [0.1, 0.15) is 7.05 Å². The number of aryl methyl sites for hydroxylation is 1. The lowest BCUT2D eigenvalue weighted by Crippen LogP contribution is -2.25. The van der Waals surface area contributed by atoms with Crippen LogP contribution in [0.15, 0.2) is 30.6 Å². The molecule has 1 rings (SSSR count). The van der Waals surface area contributed by atoms with Crippen LogP contribution in [0.2, 0.25) is 0 Å². The summed E-state index contributed by atoms with van der Waals surface area (Å²) in [7, 11) is 2.00. The summed E-state index contributed by atoms with van der Waals surface area (Å²) in [4.78, 5) is 0. The van der Waals surface area contributed by atoms with Crippen molar-refractivity contribution in [3.8, 4) is 0 Å². The van der Waals surface area contributed by atoms with E-state index in [-0.39, 0.29) is 0 Å². The largest absolute Gasteiger partial charge is 0.208 e. The average molecular weight is 173 g/mol. The molecule has 0 aliphatic carbocycles. The number of nitrogens with zero attached hydrogens (tertiary/aromatic N) is 1. The molecule has 0 saturated carbocycles. The van der Waals surface area contributed by atoms with E-state index in [9.17, 15) is 0 Å². The van der Waals surface area contributed by atoms with Crippen LogP contribution in [0.3, 0.4) is 0 Å². The Morgan fingerprint density at radius 1 is 1.18 bits per heavy atom. The summed E-state index contributed by atoms with van der Waals surface area (Å²) < 4.78 is 2.00. The fourth-order valence-corrected chi connectivity index (χ4v) is 0.485. The Balaban J connectivity index is 0.000000218. The highest BCUT2D eigenvalue weighted by atomic mass is 35.5. The van der Waals surface area contributed by atoms with Gasteiger partial charge in [-0.15, -0.1) is 11.6 Å². The normalized spacial score (nSPS) is 8.27. The van der Waals surface area contributed by atoms with E-state index in [2.05, 4.69) is 0 Å². The highest BCUT2D eigenvalue weighted by Crippen LogP contribution is 1.75. The summed E-state index contributed by atoms with van der Waals surface area (Å²) in [6.07, 6.45) is 5.08. The monoisotopic (exact) mass is 172 g/mol. The maximum absolute atomic E-state index is 5.19. The molecule has 1 heterocycles. The second-order valence-corrected chi connectivity index (χ2v) is 2.61. The van der Waals surface area contributed by atoms with Gasteiger partial charge >= 0.3 is 0 Å². The average Bonchev–Trinajstić information content (AvgIpc) is 2.07. The van der Waals surface area contributed by atoms with Crippen molar-refractivity contribution in [2.45, 2.75) is 13.3 Å². The van der Waals surface area contributed by atoms with E-state index < -0.39 is 0 Å². The first-order valence-corrected chi connectivity index (χ1v) is 4.31. The quantitative estimate of drug-likeness (QED) is 0.452. The van der Waals surface area contributed by atoms with Crippen LogP contribution in [0.5, 0.6) is 0 Å². The Bertz CT molecular complexity index is 160. The second kappa shape index (κ2) is 7.55. The molecular formula is C9H15ClN+.